The molecule has 1 unspecified atom stereocenters. The zero-order valence-electron chi connectivity index (χ0n) is 9.32. The van der Waals surface area contributed by atoms with Crippen LogP contribution in [-0.2, 0) is 9.59 Å². The van der Waals surface area contributed by atoms with Gasteiger partial charge in [0.25, 0.3) is 0 Å². The van der Waals surface area contributed by atoms with Crippen molar-refractivity contribution in [1.29, 1.82) is 0 Å². The molecule has 0 spiro atoms. The third kappa shape index (κ3) is 2.74. The number of carbonyl (C=O) groups excluding carboxylic acids is 1. The fraction of sp³-hybridized carbons (Fsp3) is 0.231. The number of benzene rings is 1. The molecule has 2 rings (SSSR count). The lowest BCUT2D eigenvalue weighted by Crippen LogP contribution is -2.21. The molecule has 18 heavy (non-hydrogen) atoms. The second-order valence-corrected chi connectivity index (χ2v) is 5.02. The predicted molar refractivity (Wildman–Crippen MR) is 69.8 cm³/mol. The fourth-order valence-corrected chi connectivity index (χ4v) is 2.26. The molecule has 0 aliphatic heterocycles. The number of ketones is 1. The predicted octanol–water partition coefficient (Wildman–Crippen LogP) is 3.44. The lowest BCUT2D eigenvalue weighted by molar-refractivity contribution is -0.143. The molecule has 1 N–H and O–H groups in total. The number of allylic oxidation sites excluding steroid dienone is 2. The molecule has 0 radical (unpaired) electrons. The topological polar surface area (TPSA) is 54.4 Å². The molecule has 0 amide bonds. The quantitative estimate of drug-likeness (QED) is 0.905. The largest absolute Gasteiger partial charge is 0.481 e. The highest BCUT2D eigenvalue weighted by Crippen LogP contribution is 2.32. The van der Waals surface area contributed by atoms with E-state index in [0.29, 0.717) is 22.0 Å². The molecule has 1 aliphatic rings. The minimum absolute atomic E-state index is 0.0557. The summed E-state index contributed by atoms with van der Waals surface area (Å²) in [5.41, 5.74) is 1.43. The van der Waals surface area contributed by atoms with Crippen molar-refractivity contribution >= 4 is 40.5 Å². The van der Waals surface area contributed by atoms with Crippen LogP contribution in [-0.4, -0.2) is 16.9 Å². The van der Waals surface area contributed by atoms with Crippen LogP contribution in [0, 0.1) is 5.92 Å². The van der Waals surface area contributed by atoms with Gasteiger partial charge in [0.05, 0.1) is 16.0 Å². The average molecular weight is 285 g/mol. The van der Waals surface area contributed by atoms with Gasteiger partial charge in [-0.25, -0.2) is 0 Å². The van der Waals surface area contributed by atoms with Crippen LogP contribution in [0.3, 0.4) is 0 Å². The van der Waals surface area contributed by atoms with Crippen LogP contribution < -0.4 is 0 Å². The van der Waals surface area contributed by atoms with E-state index in [2.05, 4.69) is 0 Å². The van der Waals surface area contributed by atoms with Gasteiger partial charge in [-0.15, -0.1) is 0 Å². The van der Waals surface area contributed by atoms with Crippen LogP contribution in [0.1, 0.15) is 18.4 Å². The molecule has 1 aromatic rings. The lowest BCUT2D eigenvalue weighted by atomic mass is 9.85. The van der Waals surface area contributed by atoms with Crippen LogP contribution in [0.2, 0.25) is 10.0 Å². The average Bonchev–Trinajstić information content (AvgIpc) is 2.31. The van der Waals surface area contributed by atoms with E-state index in [1.165, 1.54) is 6.08 Å². The number of carboxylic acids is 1. The standard InChI is InChI=1S/C13H10Cl2O3/c14-11-2-1-7(6-12(11)15)8-3-9(13(17)18)5-10(16)4-8/h1-2,4,6,9H,3,5H2,(H,17,18). The number of rotatable bonds is 2. The number of carboxylic acid groups (broad SMARTS) is 1. The monoisotopic (exact) mass is 284 g/mol. The van der Waals surface area contributed by atoms with Crippen molar-refractivity contribution in [3.05, 3.63) is 39.9 Å². The van der Waals surface area contributed by atoms with Crippen molar-refractivity contribution in [2.24, 2.45) is 5.92 Å². The molecule has 94 valence electrons. The molecule has 1 aromatic carbocycles. The lowest BCUT2D eigenvalue weighted by Gasteiger charge is -2.19. The Balaban J connectivity index is 2.34. The molecule has 0 saturated heterocycles. The minimum Gasteiger partial charge on any atom is -0.481 e. The first-order valence-corrected chi connectivity index (χ1v) is 6.14. The highest BCUT2D eigenvalue weighted by atomic mass is 35.5. The van der Waals surface area contributed by atoms with Gasteiger partial charge in [0.2, 0.25) is 0 Å². The van der Waals surface area contributed by atoms with E-state index >= 15 is 0 Å². The van der Waals surface area contributed by atoms with Crippen molar-refractivity contribution in [3.8, 4) is 0 Å². The maximum Gasteiger partial charge on any atom is 0.307 e. The van der Waals surface area contributed by atoms with Crippen molar-refractivity contribution < 1.29 is 14.7 Å². The van der Waals surface area contributed by atoms with Gasteiger partial charge in [0.15, 0.2) is 5.78 Å². The van der Waals surface area contributed by atoms with E-state index in [1.54, 1.807) is 18.2 Å². The molecule has 1 aliphatic carbocycles. The second-order valence-electron chi connectivity index (χ2n) is 4.21. The molecule has 5 heteroatoms. The van der Waals surface area contributed by atoms with Crippen molar-refractivity contribution in [3.63, 3.8) is 0 Å². The van der Waals surface area contributed by atoms with E-state index in [9.17, 15) is 9.59 Å². The Labute approximate surface area is 114 Å². The third-order valence-electron chi connectivity index (χ3n) is 2.89. The van der Waals surface area contributed by atoms with Crippen molar-refractivity contribution in [1.82, 2.24) is 0 Å². The zero-order valence-corrected chi connectivity index (χ0v) is 10.8. The van der Waals surface area contributed by atoms with E-state index < -0.39 is 11.9 Å². The van der Waals surface area contributed by atoms with Gasteiger partial charge in [0.1, 0.15) is 0 Å². The smallest absolute Gasteiger partial charge is 0.307 e. The molecule has 0 saturated carbocycles. The second kappa shape index (κ2) is 5.12. The maximum absolute atomic E-state index is 11.5. The van der Waals surface area contributed by atoms with Crippen molar-refractivity contribution in [2.75, 3.05) is 0 Å². The molecule has 0 heterocycles. The summed E-state index contributed by atoms with van der Waals surface area (Å²) in [6, 6.07) is 5.01. The number of hydrogen-bond donors (Lipinski definition) is 1. The molecule has 3 nitrogen and oxygen atoms in total. The Kier molecular flexibility index (Phi) is 3.73. The van der Waals surface area contributed by atoms with Gasteiger partial charge < -0.3 is 5.11 Å². The highest BCUT2D eigenvalue weighted by molar-refractivity contribution is 6.42. The fourth-order valence-electron chi connectivity index (χ4n) is 1.96. The first kappa shape index (κ1) is 13.1. The Morgan fingerprint density at radius 1 is 1.22 bits per heavy atom. The molecular formula is C13H10Cl2O3. The summed E-state index contributed by atoms with van der Waals surface area (Å²) in [6.45, 7) is 0. The first-order chi connectivity index (χ1) is 8.47. The summed E-state index contributed by atoms with van der Waals surface area (Å²) in [7, 11) is 0. The van der Waals surface area contributed by atoms with Crippen LogP contribution in [0.25, 0.3) is 5.57 Å². The Bertz CT molecular complexity index is 549. The molecule has 0 bridgehead atoms. The Morgan fingerprint density at radius 3 is 2.56 bits per heavy atom. The van der Waals surface area contributed by atoms with Gasteiger partial charge in [0, 0.05) is 6.42 Å². The van der Waals surface area contributed by atoms with Crippen molar-refractivity contribution in [2.45, 2.75) is 12.8 Å². The summed E-state index contributed by atoms with van der Waals surface area (Å²) in [6.07, 6.45) is 1.87. The van der Waals surface area contributed by atoms with Crippen LogP contribution in [0.4, 0.5) is 0 Å². The maximum atomic E-state index is 11.5. The number of hydrogen-bond acceptors (Lipinski definition) is 2. The van der Waals surface area contributed by atoms with Gasteiger partial charge in [-0.3, -0.25) is 9.59 Å². The van der Waals surface area contributed by atoms with E-state index in [1.807, 2.05) is 0 Å². The van der Waals surface area contributed by atoms with Crippen LogP contribution >= 0.6 is 23.2 Å². The first-order valence-electron chi connectivity index (χ1n) is 5.39. The minimum atomic E-state index is -0.950. The molecule has 1 atom stereocenters. The summed E-state index contributed by atoms with van der Waals surface area (Å²) in [5.74, 6) is -1.78. The number of carbonyl (C=O) groups is 2. The molecule has 0 aromatic heterocycles. The Morgan fingerprint density at radius 2 is 1.94 bits per heavy atom. The molecular weight excluding hydrogens is 275 g/mol. The number of aliphatic carboxylic acids is 1. The molecule has 0 fully saturated rings. The highest BCUT2D eigenvalue weighted by Gasteiger charge is 2.26. The van der Waals surface area contributed by atoms with E-state index in [4.69, 9.17) is 28.3 Å². The van der Waals surface area contributed by atoms with Gasteiger partial charge in [-0.2, -0.15) is 0 Å². The Hall–Kier alpha value is -1.32. The van der Waals surface area contributed by atoms with Crippen LogP contribution in [0.5, 0.6) is 0 Å². The third-order valence-corrected chi connectivity index (χ3v) is 3.63. The summed E-state index contributed by atoms with van der Waals surface area (Å²) >= 11 is 11.7. The SMILES string of the molecule is O=C1C=C(c2ccc(Cl)c(Cl)c2)CC(C(=O)O)C1. The summed E-state index contributed by atoms with van der Waals surface area (Å²) in [4.78, 5) is 22.5. The van der Waals surface area contributed by atoms with Crippen LogP contribution in [0.15, 0.2) is 24.3 Å². The number of halogens is 2. The summed E-state index contributed by atoms with van der Waals surface area (Å²) in [5, 5.41) is 9.81. The van der Waals surface area contributed by atoms with E-state index in [0.717, 1.165) is 5.56 Å². The van der Waals surface area contributed by atoms with Gasteiger partial charge in [-0.1, -0.05) is 29.3 Å². The normalized spacial score (nSPS) is 19.6. The van der Waals surface area contributed by atoms with Gasteiger partial charge in [-0.05, 0) is 35.8 Å². The zero-order chi connectivity index (χ0) is 13.3. The van der Waals surface area contributed by atoms with Gasteiger partial charge >= 0.3 is 5.97 Å². The summed E-state index contributed by atoms with van der Waals surface area (Å²) < 4.78 is 0. The van der Waals surface area contributed by atoms with E-state index in [-0.39, 0.29) is 12.2 Å².